The maximum absolute atomic E-state index is 11.9. The molecule has 0 spiro atoms. The van der Waals surface area contributed by atoms with Crippen molar-refractivity contribution >= 4 is 11.9 Å². The maximum Gasteiger partial charge on any atom is 0.311 e. The molecular weight excluding hydrogens is 310 g/mol. The van der Waals surface area contributed by atoms with Gasteiger partial charge in [-0.3, -0.25) is 9.59 Å². The average Bonchev–Trinajstić information content (AvgIpc) is 2.59. The molecule has 0 saturated carbocycles. The number of ether oxygens (including phenoxy) is 2. The van der Waals surface area contributed by atoms with Crippen LogP contribution in [0, 0.1) is 12.3 Å². The zero-order chi connectivity index (χ0) is 17.4. The number of carboxylic acid groups (broad SMARTS) is 1. The molecule has 1 aromatic carbocycles. The summed E-state index contributed by atoms with van der Waals surface area (Å²) in [5.74, 6) is -0.186. The van der Waals surface area contributed by atoms with Crippen LogP contribution in [0.4, 0.5) is 0 Å². The van der Waals surface area contributed by atoms with Crippen LogP contribution < -0.4 is 10.1 Å². The first-order chi connectivity index (χ1) is 11.5. The molecule has 1 aliphatic heterocycles. The summed E-state index contributed by atoms with van der Waals surface area (Å²) in [6.45, 7) is 3.43. The number of carbonyl (C=O) groups is 2. The Morgan fingerprint density at radius 2 is 2.00 bits per heavy atom. The van der Waals surface area contributed by atoms with Crippen LogP contribution in [0.3, 0.4) is 0 Å². The zero-order valence-electron chi connectivity index (χ0n) is 14.0. The quantitative estimate of drug-likeness (QED) is 0.711. The fourth-order valence-corrected chi connectivity index (χ4v) is 2.72. The largest absolute Gasteiger partial charge is 0.493 e. The molecule has 0 unspecified atom stereocenters. The molecule has 1 aliphatic rings. The number of benzene rings is 1. The van der Waals surface area contributed by atoms with Crippen molar-refractivity contribution in [3.05, 3.63) is 29.8 Å². The number of hydrogen-bond donors (Lipinski definition) is 2. The first-order valence-electron chi connectivity index (χ1n) is 8.30. The van der Waals surface area contributed by atoms with Gasteiger partial charge in [-0.2, -0.15) is 0 Å². The van der Waals surface area contributed by atoms with Gasteiger partial charge in [-0.15, -0.1) is 0 Å². The van der Waals surface area contributed by atoms with E-state index in [2.05, 4.69) is 5.32 Å². The van der Waals surface area contributed by atoms with Crippen molar-refractivity contribution < 1.29 is 24.2 Å². The molecule has 2 rings (SSSR count). The van der Waals surface area contributed by atoms with Crippen molar-refractivity contribution in [3.63, 3.8) is 0 Å². The molecule has 0 bridgehead atoms. The number of para-hydroxylation sites is 1. The van der Waals surface area contributed by atoms with Crippen molar-refractivity contribution in [1.82, 2.24) is 5.32 Å². The lowest BCUT2D eigenvalue weighted by atomic mass is 9.80. The number of aryl methyl sites for hydroxylation is 1. The van der Waals surface area contributed by atoms with Gasteiger partial charge >= 0.3 is 5.97 Å². The molecule has 0 atom stereocenters. The van der Waals surface area contributed by atoms with Crippen LogP contribution in [0.25, 0.3) is 0 Å². The van der Waals surface area contributed by atoms with E-state index in [9.17, 15) is 14.7 Å². The monoisotopic (exact) mass is 335 g/mol. The van der Waals surface area contributed by atoms with E-state index in [4.69, 9.17) is 9.47 Å². The van der Waals surface area contributed by atoms with Crippen LogP contribution in [-0.4, -0.2) is 43.3 Å². The molecule has 6 heteroatoms. The van der Waals surface area contributed by atoms with Gasteiger partial charge in [0.2, 0.25) is 5.91 Å². The topological polar surface area (TPSA) is 84.9 Å². The molecule has 24 heavy (non-hydrogen) atoms. The van der Waals surface area contributed by atoms with E-state index in [0.717, 1.165) is 11.3 Å². The predicted molar refractivity (Wildman–Crippen MR) is 89.0 cm³/mol. The summed E-state index contributed by atoms with van der Waals surface area (Å²) in [5.41, 5.74) is 0.163. The first kappa shape index (κ1) is 18.3. The number of nitrogens with one attached hydrogen (secondary N) is 1. The smallest absolute Gasteiger partial charge is 0.311 e. The van der Waals surface area contributed by atoms with E-state index in [0.29, 0.717) is 45.5 Å². The highest BCUT2D eigenvalue weighted by molar-refractivity contribution is 5.79. The summed E-state index contributed by atoms with van der Waals surface area (Å²) in [6.07, 6.45) is 1.76. The van der Waals surface area contributed by atoms with E-state index in [1.807, 2.05) is 31.2 Å². The number of hydrogen-bond acceptors (Lipinski definition) is 4. The SMILES string of the molecule is Cc1ccccc1OCCCC(=O)NCC1(C(=O)O)CCOCC1. The summed E-state index contributed by atoms with van der Waals surface area (Å²) < 4.78 is 10.9. The van der Waals surface area contributed by atoms with Crippen molar-refractivity contribution in [3.8, 4) is 5.75 Å². The third kappa shape index (κ3) is 4.96. The van der Waals surface area contributed by atoms with E-state index in [1.54, 1.807) is 0 Å². The van der Waals surface area contributed by atoms with E-state index < -0.39 is 11.4 Å². The molecule has 1 fully saturated rings. The minimum Gasteiger partial charge on any atom is -0.493 e. The molecule has 0 aromatic heterocycles. The number of amides is 1. The van der Waals surface area contributed by atoms with Crippen LogP contribution in [0.5, 0.6) is 5.75 Å². The van der Waals surface area contributed by atoms with Crippen molar-refractivity contribution in [2.75, 3.05) is 26.4 Å². The third-order valence-corrected chi connectivity index (χ3v) is 4.43. The molecule has 0 radical (unpaired) electrons. The highest BCUT2D eigenvalue weighted by Crippen LogP contribution is 2.30. The Bertz CT molecular complexity index is 566. The standard InChI is InChI=1S/C18H25NO5/c1-14-5-2-3-6-15(14)24-10-4-7-16(20)19-13-18(17(21)22)8-11-23-12-9-18/h2-3,5-6H,4,7-13H2,1H3,(H,19,20)(H,21,22). The first-order valence-corrected chi connectivity index (χ1v) is 8.30. The van der Waals surface area contributed by atoms with E-state index in [1.165, 1.54) is 0 Å². The molecule has 2 N–H and O–H groups in total. The van der Waals surface area contributed by atoms with Gasteiger partial charge in [-0.1, -0.05) is 18.2 Å². The highest BCUT2D eigenvalue weighted by atomic mass is 16.5. The fraction of sp³-hybridized carbons (Fsp3) is 0.556. The molecule has 1 heterocycles. The number of rotatable bonds is 8. The molecular formula is C18H25NO5. The number of carbonyl (C=O) groups excluding carboxylic acids is 1. The van der Waals surface area contributed by atoms with Crippen molar-refractivity contribution in [1.29, 1.82) is 0 Å². The minimum absolute atomic E-state index is 0.143. The van der Waals surface area contributed by atoms with Crippen LogP contribution in [0.15, 0.2) is 24.3 Å². The highest BCUT2D eigenvalue weighted by Gasteiger charge is 2.40. The van der Waals surface area contributed by atoms with Gasteiger partial charge in [0.1, 0.15) is 5.75 Å². The van der Waals surface area contributed by atoms with Crippen LogP contribution >= 0.6 is 0 Å². The molecule has 1 aromatic rings. The lowest BCUT2D eigenvalue weighted by molar-refractivity contribution is -0.154. The Balaban J connectivity index is 1.69. The molecule has 6 nitrogen and oxygen atoms in total. The molecule has 0 aliphatic carbocycles. The summed E-state index contributed by atoms with van der Waals surface area (Å²) >= 11 is 0. The number of carboxylic acids is 1. The average molecular weight is 335 g/mol. The molecule has 132 valence electrons. The van der Waals surface area contributed by atoms with E-state index >= 15 is 0 Å². The Hall–Kier alpha value is -2.08. The van der Waals surface area contributed by atoms with Gasteiger partial charge < -0.3 is 19.9 Å². The Morgan fingerprint density at radius 1 is 1.29 bits per heavy atom. The lowest BCUT2D eigenvalue weighted by Gasteiger charge is -2.33. The van der Waals surface area contributed by atoms with E-state index in [-0.39, 0.29) is 12.5 Å². The summed E-state index contributed by atoms with van der Waals surface area (Å²) in [6, 6.07) is 7.73. The summed E-state index contributed by atoms with van der Waals surface area (Å²) in [4.78, 5) is 23.4. The van der Waals surface area contributed by atoms with Gasteiger partial charge in [0, 0.05) is 26.2 Å². The Morgan fingerprint density at radius 3 is 2.67 bits per heavy atom. The summed E-state index contributed by atoms with van der Waals surface area (Å²) in [5, 5.41) is 12.2. The Labute approximate surface area is 142 Å². The van der Waals surface area contributed by atoms with Gasteiger partial charge in [-0.05, 0) is 37.8 Å². The van der Waals surface area contributed by atoms with Crippen molar-refractivity contribution in [2.45, 2.75) is 32.6 Å². The maximum atomic E-state index is 11.9. The second-order valence-corrected chi connectivity index (χ2v) is 6.19. The van der Waals surface area contributed by atoms with Crippen LogP contribution in [0.1, 0.15) is 31.2 Å². The fourth-order valence-electron chi connectivity index (χ4n) is 2.72. The lowest BCUT2D eigenvalue weighted by Crippen LogP contribution is -2.46. The summed E-state index contributed by atoms with van der Waals surface area (Å²) in [7, 11) is 0. The molecule has 1 saturated heterocycles. The Kier molecular flexibility index (Phi) is 6.61. The minimum atomic E-state index is -0.897. The predicted octanol–water partition coefficient (Wildman–Crippen LogP) is 2.15. The van der Waals surface area contributed by atoms with Crippen LogP contribution in [-0.2, 0) is 14.3 Å². The van der Waals surface area contributed by atoms with Crippen molar-refractivity contribution in [2.24, 2.45) is 5.41 Å². The van der Waals surface area contributed by atoms with Gasteiger partial charge in [0.15, 0.2) is 0 Å². The zero-order valence-corrected chi connectivity index (χ0v) is 14.0. The molecule has 1 amide bonds. The second kappa shape index (κ2) is 8.68. The normalized spacial score (nSPS) is 16.4. The number of aliphatic carboxylic acids is 1. The second-order valence-electron chi connectivity index (χ2n) is 6.19. The van der Waals surface area contributed by atoms with Gasteiger partial charge in [0.25, 0.3) is 0 Å². The third-order valence-electron chi connectivity index (χ3n) is 4.43. The van der Waals surface area contributed by atoms with Gasteiger partial charge in [0.05, 0.1) is 12.0 Å². The van der Waals surface area contributed by atoms with Crippen LogP contribution in [0.2, 0.25) is 0 Å². The van der Waals surface area contributed by atoms with Gasteiger partial charge in [-0.25, -0.2) is 0 Å².